The Morgan fingerprint density at radius 2 is 1.30 bits per heavy atom. The zero-order valence-electron chi connectivity index (χ0n) is 69.5. The summed E-state index contributed by atoms with van der Waals surface area (Å²) in [6, 6.07) is 2.97. The lowest BCUT2D eigenvalue weighted by atomic mass is 9.89. The Morgan fingerprint density at radius 1 is 0.635 bits per heavy atom. The molecule has 3 rings (SSSR count). The fourth-order valence-corrected chi connectivity index (χ4v) is 13.1. The smallest absolute Gasteiger partial charge is 0.407 e. The molecule has 0 aliphatic carbocycles. The van der Waals surface area contributed by atoms with E-state index in [9.17, 15) is 71.9 Å². The third-order valence-electron chi connectivity index (χ3n) is 19.4. The van der Waals surface area contributed by atoms with Crippen LogP contribution in [0, 0.1) is 23.7 Å². The average Bonchev–Trinajstić information content (AvgIpc) is 1.71. The maximum absolute atomic E-state index is 14.6. The summed E-state index contributed by atoms with van der Waals surface area (Å²) in [6.07, 6.45) is 1.39. The van der Waals surface area contributed by atoms with Crippen LogP contribution in [0.5, 0.6) is 0 Å². The number of rotatable bonds is 58. The van der Waals surface area contributed by atoms with Crippen molar-refractivity contribution in [2.24, 2.45) is 23.7 Å². The second-order valence-corrected chi connectivity index (χ2v) is 29.2. The van der Waals surface area contributed by atoms with Gasteiger partial charge in [-0.15, -0.1) is 0 Å². The number of likely N-dealkylation sites (N-methyl/N-ethyl adjacent to an activating group) is 2. The van der Waals surface area contributed by atoms with Crippen molar-refractivity contribution in [3.63, 3.8) is 0 Å². The van der Waals surface area contributed by atoms with E-state index < -0.39 is 151 Å². The molecule has 2 aliphatic heterocycles. The summed E-state index contributed by atoms with van der Waals surface area (Å²) in [6.45, 7) is 17.4. The monoisotopic (exact) mass is 1630 g/mol. The van der Waals surface area contributed by atoms with Crippen LogP contribution in [0.25, 0.3) is 0 Å². The molecular formula is C79H127N13O23. The fourth-order valence-electron chi connectivity index (χ4n) is 13.1. The Labute approximate surface area is 675 Å². The predicted molar refractivity (Wildman–Crippen MR) is 421 cm³/mol. The van der Waals surface area contributed by atoms with E-state index in [4.69, 9.17) is 37.9 Å². The SMILES string of the molecule is C=CCOC(=O)CC(NC(=O)CCNC(=O)OCC(NC(=O)CNC(=O)CCOCCOCCCC(=O)CCN1C(=O)C=CC1=O)C(=O)NCCOC)NC(C)C(=O)OCCCNC(=O)[C@H](Cc1ccccc1)NC(=O)[C@H](C)[C@@H](OC)[C@@H]1CCCN1C(=O)C[C@@H](OC)[C@H]([C@@H](C)CC)N(C)C(=O)C(NC(=O)[C@H](C(C)C)N(C)C)C(C)C. The molecule has 1 aromatic rings. The molecule has 12 atom stereocenters. The number of nitrogens with zero attached hydrogens (tertiary/aromatic N) is 4. The Balaban J connectivity index is 1.53. The highest BCUT2D eigenvalue weighted by Gasteiger charge is 2.44. The third-order valence-corrected chi connectivity index (χ3v) is 19.4. The number of hydrogen-bond acceptors (Lipinski definition) is 25. The molecule has 36 heteroatoms. The summed E-state index contributed by atoms with van der Waals surface area (Å²) in [5.74, 6) is -8.56. The van der Waals surface area contributed by atoms with Gasteiger partial charge in [-0.05, 0) is 70.0 Å². The maximum atomic E-state index is 14.6. The zero-order valence-corrected chi connectivity index (χ0v) is 69.5. The van der Waals surface area contributed by atoms with Crippen LogP contribution in [0.15, 0.2) is 55.1 Å². The van der Waals surface area contributed by atoms with E-state index in [0.717, 1.165) is 22.6 Å². The highest BCUT2D eigenvalue weighted by molar-refractivity contribution is 6.13. The molecule has 0 spiro atoms. The number of amides is 12. The number of methoxy groups -OCH3 is 3. The first-order valence-corrected chi connectivity index (χ1v) is 39.4. The first-order valence-electron chi connectivity index (χ1n) is 39.4. The van der Waals surface area contributed by atoms with E-state index in [1.54, 1.807) is 35.9 Å². The predicted octanol–water partition coefficient (Wildman–Crippen LogP) is 0.518. The Morgan fingerprint density at radius 3 is 1.93 bits per heavy atom. The van der Waals surface area contributed by atoms with Crippen molar-refractivity contribution in [2.45, 2.75) is 193 Å². The van der Waals surface area contributed by atoms with Gasteiger partial charge < -0.3 is 90.2 Å². The number of carbonyl (C=O) groups excluding carboxylic acids is 15. The minimum atomic E-state index is -1.44. The normalized spacial score (nSPS) is 16.2. The van der Waals surface area contributed by atoms with Gasteiger partial charge in [-0.3, -0.25) is 82.2 Å². The van der Waals surface area contributed by atoms with Crippen LogP contribution in [-0.4, -0.2) is 304 Å². The van der Waals surface area contributed by atoms with Crippen LogP contribution in [0.3, 0.4) is 0 Å². The van der Waals surface area contributed by atoms with E-state index in [2.05, 4.69) is 54.4 Å². The number of carbonyl (C=O) groups is 15. The Kier molecular flexibility index (Phi) is 47.3. The first-order chi connectivity index (χ1) is 54.7. The fraction of sp³-hybridized carbons (Fsp3) is 0.684. The van der Waals surface area contributed by atoms with Gasteiger partial charge in [-0.25, -0.2) is 4.79 Å². The van der Waals surface area contributed by atoms with Gasteiger partial charge in [0, 0.05) is 112 Å². The van der Waals surface area contributed by atoms with E-state index in [0.29, 0.717) is 32.2 Å². The average molecular weight is 1630 g/mol. The van der Waals surface area contributed by atoms with Crippen LogP contribution in [-0.2, 0) is 111 Å². The Bertz CT molecular complexity index is 3320. The van der Waals surface area contributed by atoms with Gasteiger partial charge in [0.2, 0.25) is 53.2 Å². The highest BCUT2D eigenvalue weighted by atomic mass is 16.6. The summed E-state index contributed by atoms with van der Waals surface area (Å²) in [7, 11) is 9.71. The molecule has 0 aromatic heterocycles. The molecular weight excluding hydrogens is 1500 g/mol. The number of imide groups is 1. The summed E-state index contributed by atoms with van der Waals surface area (Å²) in [5.41, 5.74) is 0.748. The van der Waals surface area contributed by atoms with Crippen molar-refractivity contribution in [1.29, 1.82) is 0 Å². The topological polar surface area (TPSA) is 451 Å². The number of nitrogens with one attached hydrogen (secondary N) is 9. The van der Waals surface area contributed by atoms with Crippen LogP contribution < -0.4 is 47.9 Å². The number of esters is 2. The van der Waals surface area contributed by atoms with Crippen molar-refractivity contribution in [3.05, 3.63) is 60.7 Å². The van der Waals surface area contributed by atoms with E-state index in [1.807, 2.05) is 78.7 Å². The maximum Gasteiger partial charge on any atom is 0.407 e. The first kappa shape index (κ1) is 99.9. The molecule has 12 amide bonds. The van der Waals surface area contributed by atoms with Gasteiger partial charge in [0.1, 0.15) is 43.2 Å². The lowest BCUT2D eigenvalue weighted by Gasteiger charge is -2.41. The van der Waals surface area contributed by atoms with E-state index in [1.165, 1.54) is 34.3 Å². The molecule has 1 fully saturated rings. The van der Waals surface area contributed by atoms with Gasteiger partial charge in [0.25, 0.3) is 11.8 Å². The van der Waals surface area contributed by atoms with Gasteiger partial charge in [0.05, 0.1) is 94.8 Å². The standard InChI is InChI=1S/C79H127N13O23/c1-16-38-113-68(100)47-61(87-63(95)30-34-82-79(107)115-49-58(75(103)81-35-42-108-13)85-64(96)48-83-62(94)32-41-112-44-43-111-39-22-26-56(93)31-37-92-65(97)28-29-66(92)98)84-54(9)78(106)114-40-23-33-80-74(102)57(45-55-24-19-18-20-25-55)86-73(101)53(8)72(110-15)59-27-21-36-91(59)67(99)46-60(109-14)71(52(7)17-2)90(12)77(105)69(50(3)4)88-76(104)70(51(5)6)89(10)11/h16,18-20,24-25,28-29,50-54,57-61,69-72,84H,1,17,21-23,26-27,30-49H2,2-15H3,(H,80,102)(H,81,103)(H,82,107)(H,83,94)(H,85,96)(H,86,101)(H,87,95)(H,88,104)/t52-,53+,54?,57-,58?,59-,60+,61?,69?,70-,71-,72+/m0/s1. The quantitative estimate of drug-likeness (QED) is 0.0107. The van der Waals surface area contributed by atoms with Crippen LogP contribution in [0.1, 0.15) is 132 Å². The van der Waals surface area contributed by atoms with Crippen molar-refractivity contribution >= 4 is 88.8 Å². The number of Topliss-reactive ketones (excluding diaryl/α,β-unsaturated/α-hetero) is 1. The number of likely N-dealkylation sites (tertiary alicyclic amines) is 1. The van der Waals surface area contributed by atoms with Crippen LogP contribution in [0.2, 0.25) is 0 Å². The van der Waals surface area contributed by atoms with Crippen molar-refractivity contribution < 1.29 is 110 Å². The van der Waals surface area contributed by atoms with E-state index >= 15 is 0 Å². The molecule has 9 N–H and O–H groups in total. The molecule has 0 bridgehead atoms. The third kappa shape index (κ3) is 36.6. The van der Waals surface area contributed by atoms with Crippen molar-refractivity contribution in [2.75, 3.05) is 135 Å². The minimum Gasteiger partial charge on any atom is -0.464 e. The lowest BCUT2D eigenvalue weighted by molar-refractivity contribution is -0.148. The molecule has 1 saturated heterocycles. The molecule has 1 aromatic carbocycles. The number of hydrogen-bond donors (Lipinski definition) is 9. The van der Waals surface area contributed by atoms with Crippen LogP contribution in [0.4, 0.5) is 4.79 Å². The molecule has 36 nitrogen and oxygen atoms in total. The molecule has 4 unspecified atom stereocenters. The molecule has 0 radical (unpaired) electrons. The van der Waals surface area contributed by atoms with Crippen LogP contribution >= 0.6 is 0 Å². The van der Waals surface area contributed by atoms with E-state index in [-0.39, 0.29) is 159 Å². The number of alkyl carbamates (subject to hydrolysis) is 1. The Hall–Kier alpha value is -9.33. The molecule has 646 valence electrons. The van der Waals surface area contributed by atoms with Crippen molar-refractivity contribution in [1.82, 2.24) is 67.5 Å². The van der Waals surface area contributed by atoms with Gasteiger partial charge >= 0.3 is 18.0 Å². The number of ether oxygens (including phenoxy) is 8. The number of ketones is 1. The largest absolute Gasteiger partial charge is 0.464 e. The second-order valence-electron chi connectivity index (χ2n) is 29.2. The summed E-state index contributed by atoms with van der Waals surface area (Å²) < 4.78 is 43.8. The summed E-state index contributed by atoms with van der Waals surface area (Å²) in [4.78, 5) is 203. The summed E-state index contributed by atoms with van der Waals surface area (Å²) >= 11 is 0. The lowest BCUT2D eigenvalue weighted by Crippen LogP contribution is -2.59. The van der Waals surface area contributed by atoms with Crippen molar-refractivity contribution in [3.8, 4) is 0 Å². The molecule has 0 saturated carbocycles. The minimum absolute atomic E-state index is 0.00421. The molecule has 115 heavy (non-hydrogen) atoms. The molecule has 2 aliphatic rings. The highest BCUT2D eigenvalue weighted by Crippen LogP contribution is 2.30. The van der Waals surface area contributed by atoms with Gasteiger partial charge in [0.15, 0.2) is 0 Å². The van der Waals surface area contributed by atoms with Gasteiger partial charge in [-0.1, -0.05) is 97.9 Å². The number of benzene rings is 1. The molecule has 2 heterocycles. The van der Waals surface area contributed by atoms with Gasteiger partial charge in [-0.2, -0.15) is 0 Å². The zero-order chi connectivity index (χ0) is 85.7. The second kappa shape index (κ2) is 54.5. The summed E-state index contributed by atoms with van der Waals surface area (Å²) in [5, 5.41) is 23.9.